The van der Waals surface area contributed by atoms with Gasteiger partial charge < -0.3 is 4.74 Å². The van der Waals surface area contributed by atoms with Crippen LogP contribution >= 0.6 is 11.8 Å². The minimum absolute atomic E-state index is 0.139. The number of benzene rings is 1. The van der Waals surface area contributed by atoms with E-state index in [0.29, 0.717) is 13.0 Å². The molecule has 0 spiro atoms. The molecule has 0 saturated carbocycles. The maximum absolute atomic E-state index is 11.5. The van der Waals surface area contributed by atoms with E-state index in [1.807, 2.05) is 18.7 Å². The summed E-state index contributed by atoms with van der Waals surface area (Å²) in [7, 11) is 0. The Morgan fingerprint density at radius 1 is 1.21 bits per heavy atom. The summed E-state index contributed by atoms with van der Waals surface area (Å²) in [6.07, 6.45) is 7.39. The fourth-order valence-electron chi connectivity index (χ4n) is 3.39. The topological polar surface area (TPSA) is 52.1 Å². The second kappa shape index (κ2) is 9.93. The summed E-state index contributed by atoms with van der Waals surface area (Å²) in [5.41, 5.74) is 4.19. The lowest BCUT2D eigenvalue weighted by atomic mass is 9.81. The number of rotatable bonds is 6. The van der Waals surface area contributed by atoms with Gasteiger partial charge in [0.15, 0.2) is 0 Å². The molecule has 0 aliphatic carbocycles. The van der Waals surface area contributed by atoms with Gasteiger partial charge in [-0.25, -0.2) is 4.98 Å². The number of hydrogen-bond acceptors (Lipinski definition) is 5. The summed E-state index contributed by atoms with van der Waals surface area (Å²) in [4.78, 5) is 21.7. The molecule has 29 heavy (non-hydrogen) atoms. The predicted molar refractivity (Wildman–Crippen MR) is 117 cm³/mol. The average molecular weight is 409 g/mol. The Kier molecular flexibility index (Phi) is 7.33. The number of carbonyl (C=O) groups is 1. The number of aryl methyl sites for hydroxylation is 1. The lowest BCUT2D eigenvalue weighted by Gasteiger charge is -2.32. The molecule has 0 unspecified atom stereocenters. The molecule has 1 aromatic heterocycles. The third-order valence-corrected chi connectivity index (χ3v) is 6.22. The van der Waals surface area contributed by atoms with Crippen LogP contribution in [0.2, 0.25) is 0 Å². The van der Waals surface area contributed by atoms with Crippen molar-refractivity contribution in [3.8, 4) is 11.8 Å². The smallest absolute Gasteiger partial charge is 0.305 e. The molecule has 3 rings (SSSR count). The lowest BCUT2D eigenvalue weighted by molar-refractivity contribution is -0.143. The molecule has 2 aromatic rings. The molecule has 0 atom stereocenters. The first-order valence-electron chi connectivity index (χ1n) is 10.2. The van der Waals surface area contributed by atoms with Gasteiger partial charge in [-0.05, 0) is 73.5 Å². The van der Waals surface area contributed by atoms with E-state index < -0.39 is 0 Å². The molecular formula is C24H28N2O2S. The van der Waals surface area contributed by atoms with E-state index in [4.69, 9.17) is 4.74 Å². The highest BCUT2D eigenvalue weighted by atomic mass is 32.2. The van der Waals surface area contributed by atoms with Crippen LogP contribution < -0.4 is 0 Å². The van der Waals surface area contributed by atoms with Crippen molar-refractivity contribution in [1.82, 2.24) is 9.97 Å². The van der Waals surface area contributed by atoms with Crippen LogP contribution in [0.5, 0.6) is 0 Å². The van der Waals surface area contributed by atoms with E-state index >= 15 is 0 Å². The number of thioether (sulfide) groups is 1. The number of unbranched alkanes of at least 4 members (excludes halogenated alkanes) is 1. The third-order valence-electron chi connectivity index (χ3n) is 5.14. The molecule has 4 nitrogen and oxygen atoms in total. The second-order valence-electron chi connectivity index (χ2n) is 7.81. The molecule has 0 radical (unpaired) electrons. The van der Waals surface area contributed by atoms with Crippen molar-refractivity contribution in [3.63, 3.8) is 0 Å². The molecule has 2 heterocycles. The predicted octanol–water partition coefficient (Wildman–Crippen LogP) is 4.93. The van der Waals surface area contributed by atoms with Crippen LogP contribution in [0, 0.1) is 11.8 Å². The Morgan fingerprint density at radius 2 is 2.03 bits per heavy atom. The minimum Gasteiger partial charge on any atom is -0.466 e. The summed E-state index contributed by atoms with van der Waals surface area (Å²) in [5, 5.41) is 0. The van der Waals surface area contributed by atoms with E-state index in [9.17, 15) is 4.79 Å². The van der Waals surface area contributed by atoms with Gasteiger partial charge in [0, 0.05) is 29.3 Å². The zero-order valence-corrected chi connectivity index (χ0v) is 18.3. The van der Waals surface area contributed by atoms with Gasteiger partial charge in [0.25, 0.3) is 0 Å². The van der Waals surface area contributed by atoms with Crippen LogP contribution in [0.15, 0.2) is 35.5 Å². The van der Waals surface area contributed by atoms with Crippen LogP contribution in [-0.4, -0.2) is 28.3 Å². The van der Waals surface area contributed by atoms with Crippen molar-refractivity contribution in [3.05, 3.63) is 53.1 Å². The number of esters is 1. The highest BCUT2D eigenvalue weighted by Crippen LogP contribution is 2.41. The Bertz CT molecular complexity index is 928. The van der Waals surface area contributed by atoms with E-state index in [0.717, 1.165) is 36.2 Å². The Labute approximate surface area is 177 Å². The first kappa shape index (κ1) is 21.4. The van der Waals surface area contributed by atoms with Gasteiger partial charge in [-0.1, -0.05) is 19.8 Å². The van der Waals surface area contributed by atoms with Gasteiger partial charge in [-0.3, -0.25) is 9.78 Å². The molecular weight excluding hydrogens is 380 g/mol. The molecule has 1 aliphatic rings. The van der Waals surface area contributed by atoms with E-state index in [2.05, 4.69) is 53.9 Å². The second-order valence-corrected chi connectivity index (χ2v) is 8.94. The maximum atomic E-state index is 11.5. The number of ether oxygens (including phenoxy) is 1. The van der Waals surface area contributed by atoms with Crippen LogP contribution in [0.25, 0.3) is 0 Å². The molecule has 152 valence electrons. The number of fused-ring (bicyclic) bond motifs is 1. The number of hydrogen-bond donors (Lipinski definition) is 0. The first-order valence-corrected chi connectivity index (χ1v) is 11.2. The molecule has 0 bridgehead atoms. The standard InChI is InChI=1S/C24H28N2O2S/c1-4-28-23(27)8-6-5-7-20-21(26-15-14-25-20)11-9-18-10-12-22-19(17-18)24(2,3)13-16-29-22/h10,12,14-15,17H,4-8,13,16H2,1-3H3. The van der Waals surface area contributed by atoms with Gasteiger partial charge in [-0.2, -0.15) is 0 Å². The summed E-state index contributed by atoms with van der Waals surface area (Å²) in [5.74, 6) is 7.52. The Hall–Kier alpha value is -2.32. The van der Waals surface area contributed by atoms with Gasteiger partial charge >= 0.3 is 5.97 Å². The van der Waals surface area contributed by atoms with E-state index in [1.54, 1.807) is 12.4 Å². The third kappa shape index (κ3) is 5.83. The summed E-state index contributed by atoms with van der Waals surface area (Å²) in [6, 6.07) is 6.51. The van der Waals surface area contributed by atoms with Gasteiger partial charge in [-0.15, -0.1) is 11.8 Å². The Morgan fingerprint density at radius 3 is 2.86 bits per heavy atom. The van der Waals surface area contributed by atoms with Crippen molar-refractivity contribution in [2.24, 2.45) is 0 Å². The summed E-state index contributed by atoms with van der Waals surface area (Å²) < 4.78 is 4.97. The van der Waals surface area contributed by atoms with E-state index in [1.165, 1.54) is 22.6 Å². The van der Waals surface area contributed by atoms with Crippen LogP contribution in [-0.2, 0) is 21.4 Å². The van der Waals surface area contributed by atoms with Crippen molar-refractivity contribution in [2.75, 3.05) is 12.4 Å². The molecule has 1 aliphatic heterocycles. The van der Waals surface area contributed by atoms with Crippen molar-refractivity contribution in [1.29, 1.82) is 0 Å². The highest BCUT2D eigenvalue weighted by molar-refractivity contribution is 7.99. The largest absolute Gasteiger partial charge is 0.466 e. The molecule has 0 amide bonds. The Balaban J connectivity index is 1.69. The minimum atomic E-state index is -0.139. The fourth-order valence-corrected chi connectivity index (χ4v) is 4.88. The van der Waals surface area contributed by atoms with E-state index in [-0.39, 0.29) is 11.4 Å². The number of carbonyl (C=O) groups excluding carboxylic acids is 1. The zero-order valence-electron chi connectivity index (χ0n) is 17.5. The fraction of sp³-hybridized carbons (Fsp3) is 0.458. The lowest BCUT2D eigenvalue weighted by Crippen LogP contribution is -2.22. The number of aromatic nitrogens is 2. The van der Waals surface area contributed by atoms with Crippen LogP contribution in [0.1, 0.15) is 69.0 Å². The highest BCUT2D eigenvalue weighted by Gasteiger charge is 2.27. The number of nitrogens with zero attached hydrogens (tertiary/aromatic N) is 2. The van der Waals surface area contributed by atoms with Crippen molar-refractivity contribution < 1.29 is 9.53 Å². The van der Waals surface area contributed by atoms with Crippen molar-refractivity contribution >= 4 is 17.7 Å². The SMILES string of the molecule is CCOC(=O)CCCCc1nccnc1C#Cc1ccc2c(c1)C(C)(C)CCS2. The molecule has 0 saturated heterocycles. The van der Waals surface area contributed by atoms with Crippen LogP contribution in [0.3, 0.4) is 0 Å². The molecule has 1 aromatic carbocycles. The van der Waals surface area contributed by atoms with Gasteiger partial charge in [0.05, 0.1) is 12.3 Å². The molecule has 0 fully saturated rings. The van der Waals surface area contributed by atoms with Crippen molar-refractivity contribution in [2.45, 2.75) is 63.2 Å². The normalized spacial score (nSPS) is 14.4. The molecule has 0 N–H and O–H groups in total. The quantitative estimate of drug-likeness (QED) is 0.385. The average Bonchev–Trinajstić information content (AvgIpc) is 2.71. The first-order chi connectivity index (χ1) is 14.0. The molecule has 5 heteroatoms. The summed E-state index contributed by atoms with van der Waals surface area (Å²) >= 11 is 1.93. The van der Waals surface area contributed by atoms with Gasteiger partial charge in [0.1, 0.15) is 5.69 Å². The van der Waals surface area contributed by atoms with Crippen LogP contribution in [0.4, 0.5) is 0 Å². The monoisotopic (exact) mass is 408 g/mol. The van der Waals surface area contributed by atoms with Gasteiger partial charge in [0.2, 0.25) is 0 Å². The zero-order chi connectivity index (χ0) is 20.7. The maximum Gasteiger partial charge on any atom is 0.305 e. The summed E-state index contributed by atoms with van der Waals surface area (Å²) in [6.45, 7) is 6.87.